The fourth-order valence-electron chi connectivity index (χ4n) is 8.62. The monoisotopic (exact) mass is 762 g/mol. The number of methoxy groups -OCH3 is 1. The Hall–Kier alpha value is -2.12. The summed E-state index contributed by atoms with van der Waals surface area (Å²) in [7, 11) is 5.83. The van der Waals surface area contributed by atoms with Crippen molar-refractivity contribution in [3.63, 3.8) is 0 Å². The molecule has 300 valence electrons. The highest BCUT2D eigenvalue weighted by Crippen LogP contribution is 2.38. The Bertz CT molecular complexity index is 1370. The Kier molecular flexibility index (Phi) is 15.4. The SMILES string of the molecule is CCCN1C[C@H](C)C[C@@](C)(OC)[C@H](O[C@H]2C[C@@H](N(C)C)C[C@@H](C)O2)[C@@H](C)C(=O)C(C)(C)C(=O)O[C@@H](C)[C@@H]1CN1CCN(C(=O)c2ccc(Cl)cc2)CC1. The molecule has 4 rings (SSSR count). The summed E-state index contributed by atoms with van der Waals surface area (Å²) in [5.74, 6) is -1.32. The number of carbonyl (C=O) groups is 3. The fourth-order valence-corrected chi connectivity index (χ4v) is 8.75. The van der Waals surface area contributed by atoms with Gasteiger partial charge >= 0.3 is 5.97 Å². The van der Waals surface area contributed by atoms with Gasteiger partial charge in [-0.2, -0.15) is 0 Å². The van der Waals surface area contributed by atoms with E-state index in [4.69, 9.17) is 30.5 Å². The Morgan fingerprint density at radius 2 is 1.64 bits per heavy atom. The van der Waals surface area contributed by atoms with Crippen molar-refractivity contribution in [1.29, 1.82) is 0 Å². The standard InChI is InChI=1S/C41H67ClN4O7/c1-12-17-46-25-27(2)24-41(8,50-11)37(53-35-23-33(43(9)10)22-28(3)51-35)29(4)36(47)40(6,7)39(49)52-30(5)34(46)26-44-18-20-45(21-19-44)38(48)31-13-15-32(42)16-14-31/h13-16,27-30,33-35,37H,12,17-26H2,1-11H3/t27-,28-,29+,30+,33+,34+,35+,37-,41-/m1/s1. The molecule has 53 heavy (non-hydrogen) atoms. The number of amides is 1. The van der Waals surface area contributed by atoms with E-state index < -0.39 is 41.4 Å². The molecular weight excluding hydrogens is 696 g/mol. The Balaban J connectivity index is 1.60. The minimum Gasteiger partial charge on any atom is -0.460 e. The molecule has 0 N–H and O–H groups in total. The molecule has 1 aromatic rings. The number of esters is 1. The number of rotatable bonds is 9. The number of ether oxygens (including phenoxy) is 4. The molecule has 0 aliphatic carbocycles. The van der Waals surface area contributed by atoms with E-state index in [0.717, 1.165) is 25.9 Å². The van der Waals surface area contributed by atoms with Crippen molar-refractivity contribution in [2.24, 2.45) is 17.3 Å². The van der Waals surface area contributed by atoms with Gasteiger partial charge in [-0.3, -0.25) is 24.2 Å². The predicted octanol–water partition coefficient (Wildman–Crippen LogP) is 5.63. The van der Waals surface area contributed by atoms with E-state index in [9.17, 15) is 14.4 Å². The molecule has 12 heteroatoms. The highest BCUT2D eigenvalue weighted by Gasteiger charge is 2.51. The van der Waals surface area contributed by atoms with Crippen LogP contribution in [0, 0.1) is 17.3 Å². The lowest BCUT2D eigenvalue weighted by Crippen LogP contribution is -2.57. The van der Waals surface area contributed by atoms with Crippen molar-refractivity contribution in [3.8, 4) is 0 Å². The normalized spacial score (nSPS) is 34.2. The van der Waals surface area contributed by atoms with Crippen molar-refractivity contribution in [2.75, 3.05) is 67.0 Å². The van der Waals surface area contributed by atoms with Crippen LogP contribution in [-0.2, 0) is 28.5 Å². The van der Waals surface area contributed by atoms with Crippen LogP contribution in [0.2, 0.25) is 5.02 Å². The first kappa shape index (κ1) is 43.6. The predicted molar refractivity (Wildman–Crippen MR) is 208 cm³/mol. The van der Waals surface area contributed by atoms with Crippen LogP contribution in [0.1, 0.15) is 91.4 Å². The molecule has 0 spiro atoms. The maximum Gasteiger partial charge on any atom is 0.319 e. The summed E-state index contributed by atoms with van der Waals surface area (Å²) in [6, 6.07) is 7.16. The lowest BCUT2D eigenvalue weighted by Gasteiger charge is -2.46. The zero-order chi connectivity index (χ0) is 39.2. The summed E-state index contributed by atoms with van der Waals surface area (Å²) in [5.41, 5.74) is -1.65. The maximum atomic E-state index is 14.5. The third-order valence-corrected chi connectivity index (χ3v) is 12.1. The van der Waals surface area contributed by atoms with Gasteiger partial charge in [-0.1, -0.05) is 32.4 Å². The first-order valence-corrected chi connectivity index (χ1v) is 20.1. The second-order valence-corrected chi connectivity index (χ2v) is 17.3. The van der Waals surface area contributed by atoms with Gasteiger partial charge in [0.1, 0.15) is 11.5 Å². The molecule has 0 bridgehead atoms. The van der Waals surface area contributed by atoms with Crippen LogP contribution in [0.5, 0.6) is 0 Å². The topological polar surface area (TPSA) is 101 Å². The van der Waals surface area contributed by atoms with Crippen molar-refractivity contribution >= 4 is 29.3 Å². The van der Waals surface area contributed by atoms with Crippen LogP contribution in [-0.4, -0.2) is 147 Å². The van der Waals surface area contributed by atoms with Gasteiger partial charge in [-0.25, -0.2) is 0 Å². The van der Waals surface area contributed by atoms with Crippen LogP contribution < -0.4 is 0 Å². The lowest BCUT2D eigenvalue weighted by atomic mass is 9.74. The molecule has 0 unspecified atom stereocenters. The smallest absolute Gasteiger partial charge is 0.319 e. The first-order chi connectivity index (χ1) is 24.9. The van der Waals surface area contributed by atoms with E-state index in [2.05, 4.69) is 49.6 Å². The van der Waals surface area contributed by atoms with Crippen LogP contribution in [0.15, 0.2) is 24.3 Å². The molecular formula is C41H67ClN4O7. The van der Waals surface area contributed by atoms with E-state index in [-0.39, 0.29) is 35.8 Å². The number of piperazine rings is 1. The highest BCUT2D eigenvalue weighted by atomic mass is 35.5. The molecule has 0 radical (unpaired) electrons. The van der Waals surface area contributed by atoms with Gasteiger partial charge in [0.2, 0.25) is 0 Å². The quantitative estimate of drug-likeness (QED) is 0.233. The van der Waals surface area contributed by atoms with Crippen LogP contribution in [0.25, 0.3) is 0 Å². The Morgan fingerprint density at radius 1 is 1.00 bits per heavy atom. The summed E-state index contributed by atoms with van der Waals surface area (Å²) in [6.45, 7) is 20.4. The maximum absolute atomic E-state index is 14.5. The minimum absolute atomic E-state index is 0.00111. The molecule has 0 aromatic heterocycles. The van der Waals surface area contributed by atoms with Crippen molar-refractivity contribution in [1.82, 2.24) is 19.6 Å². The molecule has 3 fully saturated rings. The summed E-state index contributed by atoms with van der Waals surface area (Å²) in [6.07, 6.45) is 1.43. The van der Waals surface area contributed by atoms with Crippen LogP contribution in [0.4, 0.5) is 0 Å². The second-order valence-electron chi connectivity index (χ2n) is 16.9. The number of benzene rings is 1. The number of halogens is 1. The molecule has 3 saturated heterocycles. The van der Waals surface area contributed by atoms with E-state index in [1.165, 1.54) is 0 Å². The van der Waals surface area contributed by atoms with E-state index in [1.807, 2.05) is 25.7 Å². The third-order valence-electron chi connectivity index (χ3n) is 11.9. The van der Waals surface area contributed by atoms with Crippen molar-refractivity contribution < 1.29 is 33.3 Å². The van der Waals surface area contributed by atoms with Crippen molar-refractivity contribution in [2.45, 2.75) is 123 Å². The molecule has 1 amide bonds. The lowest BCUT2D eigenvalue weighted by molar-refractivity contribution is -0.263. The molecule has 1 aromatic carbocycles. The second kappa shape index (κ2) is 18.7. The largest absolute Gasteiger partial charge is 0.460 e. The molecule has 9 atom stereocenters. The molecule has 11 nitrogen and oxygen atoms in total. The summed E-state index contributed by atoms with van der Waals surface area (Å²) >= 11 is 6.05. The number of ketones is 1. The number of nitrogens with zero attached hydrogens (tertiary/aromatic N) is 4. The summed E-state index contributed by atoms with van der Waals surface area (Å²) < 4.78 is 25.9. The number of cyclic esters (lactones) is 1. The van der Waals surface area contributed by atoms with Gasteiger partial charge in [-0.05, 0) is 105 Å². The summed E-state index contributed by atoms with van der Waals surface area (Å²) in [4.78, 5) is 50.7. The molecule has 3 aliphatic rings. The van der Waals surface area contributed by atoms with Gasteiger partial charge in [0.05, 0.1) is 23.9 Å². The van der Waals surface area contributed by atoms with E-state index in [1.54, 1.807) is 45.2 Å². The Morgan fingerprint density at radius 3 is 2.23 bits per heavy atom. The van der Waals surface area contributed by atoms with Crippen LogP contribution >= 0.6 is 11.6 Å². The minimum atomic E-state index is -1.43. The van der Waals surface area contributed by atoms with E-state index >= 15 is 0 Å². The average molecular weight is 763 g/mol. The van der Waals surface area contributed by atoms with Gasteiger partial charge < -0.3 is 28.7 Å². The zero-order valence-corrected chi connectivity index (χ0v) is 35.0. The third kappa shape index (κ3) is 10.8. The number of Topliss-reactive ketones (excluding diaryl/α,β-unsaturated/α-hetero) is 1. The zero-order valence-electron chi connectivity index (χ0n) is 34.2. The fraction of sp³-hybridized carbons (Fsp3) is 0.780. The van der Waals surface area contributed by atoms with Gasteiger partial charge in [0.25, 0.3) is 5.91 Å². The van der Waals surface area contributed by atoms with Gasteiger partial charge in [0, 0.05) is 75.3 Å². The van der Waals surface area contributed by atoms with E-state index in [0.29, 0.717) is 56.2 Å². The highest BCUT2D eigenvalue weighted by molar-refractivity contribution is 6.30. The molecule has 0 saturated carbocycles. The number of hydrogen-bond acceptors (Lipinski definition) is 10. The summed E-state index contributed by atoms with van der Waals surface area (Å²) in [5, 5.41) is 0.601. The van der Waals surface area contributed by atoms with Crippen molar-refractivity contribution in [3.05, 3.63) is 34.9 Å². The van der Waals surface area contributed by atoms with Crippen LogP contribution in [0.3, 0.4) is 0 Å². The average Bonchev–Trinajstić information content (AvgIpc) is 3.11. The van der Waals surface area contributed by atoms with Gasteiger partial charge in [0.15, 0.2) is 12.1 Å². The Labute approximate surface area is 323 Å². The molecule has 3 aliphatic heterocycles. The number of hydrogen-bond donors (Lipinski definition) is 0. The molecule has 3 heterocycles. The number of carbonyl (C=O) groups excluding carboxylic acids is 3. The first-order valence-electron chi connectivity index (χ1n) is 19.7. The van der Waals surface area contributed by atoms with Gasteiger partial charge in [-0.15, -0.1) is 0 Å².